The van der Waals surface area contributed by atoms with Gasteiger partial charge in [0.1, 0.15) is 6.10 Å². The van der Waals surface area contributed by atoms with Crippen LogP contribution in [0.2, 0.25) is 0 Å². The van der Waals surface area contributed by atoms with E-state index in [9.17, 15) is 5.11 Å². The molecule has 0 aliphatic heterocycles. The van der Waals surface area contributed by atoms with Crippen molar-refractivity contribution in [1.29, 1.82) is 0 Å². The van der Waals surface area contributed by atoms with Gasteiger partial charge in [0.05, 0.1) is 15.9 Å². The predicted molar refractivity (Wildman–Crippen MR) is 71.1 cm³/mol. The zero-order valence-electron chi connectivity index (χ0n) is 10.6. The summed E-state index contributed by atoms with van der Waals surface area (Å²) in [5.41, 5.74) is 2.82. The molecule has 2 aromatic heterocycles. The molecule has 0 radical (unpaired) electrons. The summed E-state index contributed by atoms with van der Waals surface area (Å²) in [6, 6.07) is 0. The van der Waals surface area contributed by atoms with Crippen LogP contribution >= 0.6 is 15.9 Å². The number of aromatic nitrogens is 4. The van der Waals surface area contributed by atoms with Crippen LogP contribution in [-0.2, 0) is 13.5 Å². The average Bonchev–Trinajstić information content (AvgIpc) is 2.57. The van der Waals surface area contributed by atoms with Crippen molar-refractivity contribution in [2.24, 2.45) is 7.05 Å². The summed E-state index contributed by atoms with van der Waals surface area (Å²) in [5.74, 6) is 0.436. The Balaban J connectivity index is 2.21. The Morgan fingerprint density at radius 1 is 1.33 bits per heavy atom. The summed E-state index contributed by atoms with van der Waals surface area (Å²) in [6.45, 7) is 3.83. The van der Waals surface area contributed by atoms with E-state index < -0.39 is 6.10 Å². The fourth-order valence-corrected chi connectivity index (χ4v) is 2.25. The van der Waals surface area contributed by atoms with E-state index in [1.807, 2.05) is 20.9 Å². The number of halogens is 1. The highest BCUT2D eigenvalue weighted by atomic mass is 79.9. The SMILES string of the molecule is Cc1cnc(C(O)Cc2c(Br)c(C)nn2C)nc1. The van der Waals surface area contributed by atoms with Crippen molar-refractivity contribution in [2.75, 3.05) is 0 Å². The molecule has 1 atom stereocenters. The third-order valence-corrected chi connectivity index (χ3v) is 3.78. The van der Waals surface area contributed by atoms with E-state index in [1.54, 1.807) is 17.1 Å². The zero-order chi connectivity index (χ0) is 13.3. The van der Waals surface area contributed by atoms with E-state index in [0.29, 0.717) is 12.2 Å². The maximum Gasteiger partial charge on any atom is 0.157 e. The minimum Gasteiger partial charge on any atom is -0.385 e. The molecule has 2 rings (SSSR count). The fraction of sp³-hybridized carbons (Fsp3) is 0.417. The van der Waals surface area contributed by atoms with E-state index >= 15 is 0 Å². The average molecular weight is 311 g/mol. The van der Waals surface area contributed by atoms with Crippen LogP contribution in [-0.4, -0.2) is 24.9 Å². The van der Waals surface area contributed by atoms with Crippen LogP contribution in [0.1, 0.15) is 28.9 Å². The first-order valence-electron chi connectivity index (χ1n) is 5.63. The molecule has 6 heteroatoms. The van der Waals surface area contributed by atoms with E-state index in [0.717, 1.165) is 21.4 Å². The molecular formula is C12H15BrN4O. The minimum atomic E-state index is -0.725. The number of aliphatic hydroxyl groups excluding tert-OH is 1. The Morgan fingerprint density at radius 3 is 2.44 bits per heavy atom. The monoisotopic (exact) mass is 310 g/mol. The lowest BCUT2D eigenvalue weighted by atomic mass is 10.1. The largest absolute Gasteiger partial charge is 0.385 e. The van der Waals surface area contributed by atoms with Crippen molar-refractivity contribution < 1.29 is 5.11 Å². The number of aryl methyl sites for hydroxylation is 3. The van der Waals surface area contributed by atoms with Gasteiger partial charge < -0.3 is 5.11 Å². The van der Waals surface area contributed by atoms with Crippen molar-refractivity contribution in [1.82, 2.24) is 19.7 Å². The summed E-state index contributed by atoms with van der Waals surface area (Å²) >= 11 is 3.48. The molecule has 0 bridgehead atoms. The number of aliphatic hydroxyl groups is 1. The van der Waals surface area contributed by atoms with Gasteiger partial charge in [0.15, 0.2) is 5.82 Å². The number of nitrogens with zero attached hydrogens (tertiary/aromatic N) is 4. The highest BCUT2D eigenvalue weighted by molar-refractivity contribution is 9.10. The minimum absolute atomic E-state index is 0.432. The molecule has 1 unspecified atom stereocenters. The van der Waals surface area contributed by atoms with Gasteiger partial charge in [-0.1, -0.05) is 0 Å². The summed E-state index contributed by atoms with van der Waals surface area (Å²) in [7, 11) is 1.86. The van der Waals surface area contributed by atoms with Crippen LogP contribution in [0.4, 0.5) is 0 Å². The lowest BCUT2D eigenvalue weighted by molar-refractivity contribution is 0.165. The van der Waals surface area contributed by atoms with Gasteiger partial charge in [-0.25, -0.2) is 9.97 Å². The van der Waals surface area contributed by atoms with Crippen LogP contribution in [0, 0.1) is 13.8 Å². The maximum atomic E-state index is 10.1. The molecule has 18 heavy (non-hydrogen) atoms. The molecule has 1 N–H and O–H groups in total. The topological polar surface area (TPSA) is 63.8 Å². The van der Waals surface area contributed by atoms with Crippen LogP contribution in [0.15, 0.2) is 16.9 Å². The van der Waals surface area contributed by atoms with Gasteiger partial charge in [-0.15, -0.1) is 0 Å². The number of rotatable bonds is 3. The standard InChI is InChI=1S/C12H15BrN4O/c1-7-5-14-12(15-6-7)10(18)4-9-11(13)8(2)16-17(9)3/h5-6,10,18H,4H2,1-3H3. The van der Waals surface area contributed by atoms with E-state index in [2.05, 4.69) is 31.0 Å². The Hall–Kier alpha value is -1.27. The second-order valence-electron chi connectivity index (χ2n) is 4.31. The second kappa shape index (κ2) is 5.16. The molecule has 2 aromatic rings. The molecule has 0 saturated heterocycles. The van der Waals surface area contributed by atoms with Crippen LogP contribution in [0.3, 0.4) is 0 Å². The highest BCUT2D eigenvalue weighted by Gasteiger charge is 2.17. The third kappa shape index (κ3) is 2.59. The molecule has 0 spiro atoms. The Bertz CT molecular complexity index is 550. The van der Waals surface area contributed by atoms with Gasteiger partial charge >= 0.3 is 0 Å². The molecule has 96 valence electrons. The quantitative estimate of drug-likeness (QED) is 0.940. The summed E-state index contributed by atoms with van der Waals surface area (Å²) in [4.78, 5) is 8.27. The van der Waals surface area contributed by atoms with E-state index in [1.165, 1.54) is 0 Å². The molecular weight excluding hydrogens is 296 g/mol. The third-order valence-electron chi connectivity index (χ3n) is 2.75. The van der Waals surface area contributed by atoms with Crippen LogP contribution in [0.5, 0.6) is 0 Å². The predicted octanol–water partition coefficient (Wildman–Crippen LogP) is 1.87. The first-order chi connectivity index (χ1) is 8.49. The van der Waals surface area contributed by atoms with E-state index in [-0.39, 0.29) is 0 Å². The smallest absolute Gasteiger partial charge is 0.157 e. The highest BCUT2D eigenvalue weighted by Crippen LogP contribution is 2.24. The molecule has 0 fully saturated rings. The van der Waals surface area contributed by atoms with Gasteiger partial charge in [-0.05, 0) is 35.3 Å². The zero-order valence-corrected chi connectivity index (χ0v) is 12.1. The summed E-state index contributed by atoms with van der Waals surface area (Å²) in [5, 5.41) is 14.4. The molecule has 2 heterocycles. The van der Waals surface area contributed by atoms with Crippen LogP contribution in [0.25, 0.3) is 0 Å². The van der Waals surface area contributed by atoms with Gasteiger partial charge in [-0.3, -0.25) is 4.68 Å². The Kier molecular flexibility index (Phi) is 3.77. The first-order valence-corrected chi connectivity index (χ1v) is 6.43. The second-order valence-corrected chi connectivity index (χ2v) is 5.10. The van der Waals surface area contributed by atoms with Crippen molar-refractivity contribution in [3.05, 3.63) is 39.6 Å². The lowest BCUT2D eigenvalue weighted by Crippen LogP contribution is -2.10. The number of hydrogen-bond donors (Lipinski definition) is 1. The Morgan fingerprint density at radius 2 is 1.94 bits per heavy atom. The molecule has 0 aromatic carbocycles. The van der Waals surface area contributed by atoms with Gasteiger partial charge in [0.2, 0.25) is 0 Å². The normalized spacial score (nSPS) is 12.7. The van der Waals surface area contributed by atoms with Gasteiger partial charge in [0.25, 0.3) is 0 Å². The van der Waals surface area contributed by atoms with Crippen molar-refractivity contribution >= 4 is 15.9 Å². The first kappa shape index (κ1) is 13.2. The molecule has 0 amide bonds. The molecule has 0 saturated carbocycles. The molecule has 0 aliphatic rings. The van der Waals surface area contributed by atoms with Crippen LogP contribution < -0.4 is 0 Å². The van der Waals surface area contributed by atoms with Gasteiger partial charge in [0, 0.05) is 25.9 Å². The van der Waals surface area contributed by atoms with Crippen molar-refractivity contribution in [3.8, 4) is 0 Å². The van der Waals surface area contributed by atoms with Gasteiger partial charge in [-0.2, -0.15) is 5.10 Å². The maximum absolute atomic E-state index is 10.1. The number of hydrogen-bond acceptors (Lipinski definition) is 4. The summed E-state index contributed by atoms with van der Waals surface area (Å²) in [6.07, 6.45) is 3.11. The fourth-order valence-electron chi connectivity index (χ4n) is 1.75. The molecule has 0 aliphatic carbocycles. The lowest BCUT2D eigenvalue weighted by Gasteiger charge is -2.10. The Labute approximate surface area is 114 Å². The van der Waals surface area contributed by atoms with E-state index in [4.69, 9.17) is 0 Å². The summed E-state index contributed by atoms with van der Waals surface area (Å²) < 4.78 is 2.69. The molecule has 5 nitrogen and oxygen atoms in total. The van der Waals surface area contributed by atoms with Crippen molar-refractivity contribution in [3.63, 3.8) is 0 Å². The van der Waals surface area contributed by atoms with Crippen molar-refractivity contribution in [2.45, 2.75) is 26.4 Å².